The predicted molar refractivity (Wildman–Crippen MR) is 92.6 cm³/mol. The molecule has 1 nitrogen and oxygen atoms in total. The summed E-state index contributed by atoms with van der Waals surface area (Å²) in [4.78, 5) is 1.60. The van der Waals surface area contributed by atoms with Gasteiger partial charge in [0.25, 0.3) is 0 Å². The Hall–Kier alpha value is -0.830. The lowest BCUT2D eigenvalue weighted by atomic mass is 9.80. The topological polar surface area (TPSA) is 12.0 Å². The van der Waals surface area contributed by atoms with Crippen LogP contribution in [0.4, 0.5) is 0 Å². The summed E-state index contributed by atoms with van der Waals surface area (Å²) in [5.74, 6) is 0.638. The number of thiophene rings is 1. The lowest BCUT2D eigenvalue weighted by Gasteiger charge is -2.31. The van der Waals surface area contributed by atoms with Crippen LogP contribution >= 0.6 is 22.9 Å². The molecular formula is C18H22ClNS. The first kappa shape index (κ1) is 15.1. The number of benzene rings is 1. The van der Waals surface area contributed by atoms with Gasteiger partial charge in [-0.2, -0.15) is 0 Å². The van der Waals surface area contributed by atoms with Gasteiger partial charge in [-0.25, -0.2) is 0 Å². The minimum absolute atomic E-state index is 0.502. The zero-order valence-corrected chi connectivity index (χ0v) is 14.0. The van der Waals surface area contributed by atoms with Crippen LogP contribution in [0.3, 0.4) is 0 Å². The van der Waals surface area contributed by atoms with Crippen molar-refractivity contribution < 1.29 is 0 Å². The Bertz CT molecular complexity index is 592. The molecule has 2 unspecified atom stereocenters. The zero-order valence-electron chi connectivity index (χ0n) is 12.4. The number of hydrogen-bond donors (Lipinski definition) is 1. The summed E-state index contributed by atoms with van der Waals surface area (Å²) in [5.41, 5.74) is 2.91. The molecule has 112 valence electrons. The Balaban J connectivity index is 1.82. The van der Waals surface area contributed by atoms with Gasteiger partial charge in [-0.1, -0.05) is 30.7 Å². The van der Waals surface area contributed by atoms with E-state index in [1.807, 2.05) is 17.4 Å². The molecule has 0 fully saturated rings. The van der Waals surface area contributed by atoms with Crippen molar-refractivity contribution in [2.24, 2.45) is 0 Å². The van der Waals surface area contributed by atoms with E-state index < -0.39 is 0 Å². The molecule has 1 N–H and O–H groups in total. The molecule has 0 radical (unpaired) electrons. The summed E-state index contributed by atoms with van der Waals surface area (Å²) < 4.78 is 0. The largest absolute Gasteiger partial charge is 0.313 e. The van der Waals surface area contributed by atoms with E-state index in [2.05, 4.69) is 41.9 Å². The summed E-state index contributed by atoms with van der Waals surface area (Å²) in [6, 6.07) is 11.1. The van der Waals surface area contributed by atoms with Crippen molar-refractivity contribution in [3.05, 3.63) is 56.7 Å². The second kappa shape index (κ2) is 6.95. The molecule has 3 rings (SSSR count). The number of hydrogen-bond acceptors (Lipinski definition) is 2. The third kappa shape index (κ3) is 3.50. The maximum absolute atomic E-state index is 6.14. The lowest BCUT2D eigenvalue weighted by molar-refractivity contribution is 0.398. The van der Waals surface area contributed by atoms with E-state index in [-0.39, 0.29) is 0 Å². The van der Waals surface area contributed by atoms with E-state index in [4.69, 9.17) is 11.6 Å². The molecule has 0 saturated carbocycles. The van der Waals surface area contributed by atoms with E-state index in [1.54, 1.807) is 10.4 Å². The molecule has 3 heteroatoms. The van der Waals surface area contributed by atoms with Gasteiger partial charge in [0, 0.05) is 21.9 Å². The van der Waals surface area contributed by atoms with Gasteiger partial charge in [0.2, 0.25) is 0 Å². The van der Waals surface area contributed by atoms with Gasteiger partial charge >= 0.3 is 0 Å². The van der Waals surface area contributed by atoms with Gasteiger partial charge in [-0.15, -0.1) is 11.3 Å². The molecule has 0 aliphatic heterocycles. The van der Waals surface area contributed by atoms with Gasteiger partial charge in [-0.3, -0.25) is 0 Å². The average molecular weight is 320 g/mol. The molecule has 0 bridgehead atoms. The first-order valence-electron chi connectivity index (χ1n) is 7.82. The van der Waals surface area contributed by atoms with Crippen molar-refractivity contribution in [1.82, 2.24) is 5.32 Å². The fourth-order valence-corrected chi connectivity index (χ4v) is 4.69. The molecule has 0 saturated heterocycles. The van der Waals surface area contributed by atoms with Crippen LogP contribution in [0.1, 0.15) is 41.7 Å². The third-order valence-electron chi connectivity index (χ3n) is 4.39. The van der Waals surface area contributed by atoms with Crippen LogP contribution in [0, 0.1) is 0 Å². The van der Waals surface area contributed by atoms with Crippen molar-refractivity contribution in [2.45, 2.75) is 44.6 Å². The van der Waals surface area contributed by atoms with E-state index in [0.717, 1.165) is 18.0 Å². The van der Waals surface area contributed by atoms with Crippen LogP contribution in [-0.4, -0.2) is 12.6 Å². The molecule has 2 atom stereocenters. The molecule has 1 heterocycles. The van der Waals surface area contributed by atoms with Crippen LogP contribution in [-0.2, 0) is 12.8 Å². The molecule has 0 amide bonds. The van der Waals surface area contributed by atoms with Crippen LogP contribution in [0.5, 0.6) is 0 Å². The fraction of sp³-hybridized carbons (Fsp3) is 0.444. The molecule has 1 aromatic heterocycles. The maximum atomic E-state index is 6.14. The number of rotatable bonds is 5. The predicted octanol–water partition coefficient (Wildman–Crippen LogP) is 5.04. The van der Waals surface area contributed by atoms with E-state index in [0.29, 0.717) is 12.0 Å². The molecular weight excluding hydrogens is 298 g/mol. The molecule has 21 heavy (non-hydrogen) atoms. The quantitative estimate of drug-likeness (QED) is 0.814. The highest BCUT2D eigenvalue weighted by atomic mass is 35.5. The Kier molecular flexibility index (Phi) is 4.99. The van der Waals surface area contributed by atoms with Crippen LogP contribution in [0.15, 0.2) is 35.7 Å². The Morgan fingerprint density at radius 1 is 1.38 bits per heavy atom. The minimum Gasteiger partial charge on any atom is -0.313 e. The molecule has 1 aliphatic carbocycles. The second-order valence-electron chi connectivity index (χ2n) is 5.80. The van der Waals surface area contributed by atoms with Crippen LogP contribution < -0.4 is 5.32 Å². The summed E-state index contributed by atoms with van der Waals surface area (Å²) in [6.45, 7) is 3.21. The van der Waals surface area contributed by atoms with Crippen LogP contribution in [0.25, 0.3) is 0 Å². The number of aryl methyl sites for hydroxylation is 1. The second-order valence-corrected chi connectivity index (χ2v) is 7.23. The zero-order chi connectivity index (χ0) is 14.7. The van der Waals surface area contributed by atoms with Gasteiger partial charge in [0.05, 0.1) is 0 Å². The SMILES string of the molecule is CCNC(Cc1cccc(Cl)c1)C1CCCc2sccc21. The summed E-state index contributed by atoms with van der Waals surface area (Å²) >= 11 is 8.06. The third-order valence-corrected chi connectivity index (χ3v) is 5.63. The number of likely N-dealkylation sites (N-methyl/N-ethyl adjacent to an activating group) is 1. The molecule has 1 aliphatic rings. The molecule has 1 aromatic carbocycles. The highest BCUT2D eigenvalue weighted by Gasteiger charge is 2.28. The van der Waals surface area contributed by atoms with Gasteiger partial charge in [0.15, 0.2) is 0 Å². The van der Waals surface area contributed by atoms with Crippen molar-refractivity contribution in [1.29, 1.82) is 0 Å². The van der Waals surface area contributed by atoms with E-state index in [9.17, 15) is 0 Å². The normalized spacial score (nSPS) is 19.2. The monoisotopic (exact) mass is 319 g/mol. The Morgan fingerprint density at radius 3 is 3.10 bits per heavy atom. The average Bonchev–Trinajstić information content (AvgIpc) is 2.95. The number of nitrogens with one attached hydrogen (secondary N) is 1. The van der Waals surface area contributed by atoms with Gasteiger partial charge in [-0.05, 0) is 66.9 Å². The summed E-state index contributed by atoms with van der Waals surface area (Å²) in [5, 5.41) is 6.80. The van der Waals surface area contributed by atoms with Gasteiger partial charge < -0.3 is 5.32 Å². The van der Waals surface area contributed by atoms with E-state index in [1.165, 1.54) is 24.8 Å². The smallest absolute Gasteiger partial charge is 0.0408 e. The van der Waals surface area contributed by atoms with Crippen molar-refractivity contribution in [3.8, 4) is 0 Å². The molecule has 2 aromatic rings. The highest BCUT2D eigenvalue weighted by molar-refractivity contribution is 7.10. The maximum Gasteiger partial charge on any atom is 0.0408 e. The number of halogens is 1. The Morgan fingerprint density at radius 2 is 2.29 bits per heavy atom. The highest BCUT2D eigenvalue weighted by Crippen LogP contribution is 2.37. The summed E-state index contributed by atoms with van der Waals surface area (Å²) in [6.07, 6.45) is 4.92. The van der Waals surface area contributed by atoms with Gasteiger partial charge in [0.1, 0.15) is 0 Å². The first-order valence-corrected chi connectivity index (χ1v) is 9.07. The first-order chi connectivity index (χ1) is 10.3. The minimum atomic E-state index is 0.502. The number of fused-ring (bicyclic) bond motifs is 1. The standard InChI is InChI=1S/C18H22ClNS/c1-2-20-17(12-13-5-3-6-14(19)11-13)15-7-4-8-18-16(15)9-10-21-18/h3,5-6,9-11,15,17,20H,2,4,7-8,12H2,1H3. The van der Waals surface area contributed by atoms with Crippen molar-refractivity contribution in [3.63, 3.8) is 0 Å². The van der Waals surface area contributed by atoms with Crippen LogP contribution in [0.2, 0.25) is 5.02 Å². The Labute approximate surface area is 136 Å². The fourth-order valence-electron chi connectivity index (χ4n) is 3.48. The molecule has 0 spiro atoms. The lowest BCUT2D eigenvalue weighted by Crippen LogP contribution is -2.38. The van der Waals surface area contributed by atoms with Crippen molar-refractivity contribution in [2.75, 3.05) is 6.54 Å². The van der Waals surface area contributed by atoms with Crippen molar-refractivity contribution >= 4 is 22.9 Å². The summed E-state index contributed by atoms with van der Waals surface area (Å²) in [7, 11) is 0. The van der Waals surface area contributed by atoms with E-state index >= 15 is 0 Å².